The molecule has 3 aromatic carbocycles. The smallest absolute Gasteiger partial charge is 0.339 e. The van der Waals surface area contributed by atoms with Gasteiger partial charge >= 0.3 is 5.97 Å². The summed E-state index contributed by atoms with van der Waals surface area (Å²) in [4.78, 5) is 53.0. The van der Waals surface area contributed by atoms with Gasteiger partial charge in [-0.05, 0) is 111 Å². The van der Waals surface area contributed by atoms with Gasteiger partial charge in [0.1, 0.15) is 60.5 Å². The maximum atomic E-state index is 12.6. The molecule has 1 amide bonds. The van der Waals surface area contributed by atoms with Gasteiger partial charge in [0.25, 0.3) is 5.91 Å². The van der Waals surface area contributed by atoms with E-state index in [1.807, 2.05) is 26.0 Å². The number of fused-ring (bicyclic) bond motifs is 2. The molecule has 13 nitrogen and oxygen atoms in total. The number of nitrogens with zero attached hydrogens (tertiary/aromatic N) is 5. The number of hydrogen-bond donors (Lipinski definition) is 2. The third-order valence-corrected chi connectivity index (χ3v) is 10.8. The third-order valence-electron chi connectivity index (χ3n) is 8.45. The van der Waals surface area contributed by atoms with E-state index in [-0.39, 0.29) is 33.6 Å². The molecule has 0 aliphatic rings. The molecular formula is C45H32Br3Cl4N5O8. The lowest BCUT2D eigenvalue weighted by Crippen LogP contribution is -2.30. The summed E-state index contributed by atoms with van der Waals surface area (Å²) in [7, 11) is 0. The summed E-state index contributed by atoms with van der Waals surface area (Å²) >= 11 is 32.5. The summed E-state index contributed by atoms with van der Waals surface area (Å²) in [5.74, 6) is 0.689. The molecule has 0 saturated heterocycles. The number of aromatic hydroxyl groups is 1. The number of aromatic nitrogens is 4. The average Bonchev–Trinajstić information content (AvgIpc) is 3.29. The zero-order valence-electron chi connectivity index (χ0n) is 33.7. The van der Waals surface area contributed by atoms with Crippen molar-refractivity contribution in [2.45, 2.75) is 13.8 Å². The van der Waals surface area contributed by atoms with Gasteiger partial charge < -0.3 is 29.0 Å². The van der Waals surface area contributed by atoms with Gasteiger partial charge in [-0.25, -0.2) is 24.7 Å². The molecule has 0 saturated carbocycles. The molecular weight excluding hydrogens is 1120 g/mol. The molecule has 2 N–H and O–H groups in total. The largest absolute Gasteiger partial charge is 0.506 e. The van der Waals surface area contributed by atoms with Crippen molar-refractivity contribution in [3.8, 4) is 28.7 Å². The van der Waals surface area contributed by atoms with Gasteiger partial charge in [0.2, 0.25) is 5.43 Å². The molecule has 334 valence electrons. The van der Waals surface area contributed by atoms with Gasteiger partial charge in [-0.2, -0.15) is 0 Å². The number of ether oxygens (including phenoxy) is 2. The van der Waals surface area contributed by atoms with Crippen molar-refractivity contribution in [3.63, 3.8) is 0 Å². The lowest BCUT2D eigenvalue weighted by atomic mass is 10.1. The van der Waals surface area contributed by atoms with Gasteiger partial charge in [0, 0.05) is 26.5 Å². The first-order chi connectivity index (χ1) is 31.0. The Kier molecular flexibility index (Phi) is 18.9. The number of hydrogen-bond acceptors (Lipinski definition) is 11. The Hall–Kier alpha value is -5.33. The van der Waals surface area contributed by atoms with Crippen LogP contribution in [0.2, 0.25) is 20.6 Å². The van der Waals surface area contributed by atoms with Crippen LogP contribution in [0.15, 0.2) is 144 Å². The van der Waals surface area contributed by atoms with E-state index < -0.39 is 5.97 Å². The van der Waals surface area contributed by atoms with Crippen molar-refractivity contribution in [1.29, 1.82) is 0 Å². The van der Waals surface area contributed by atoms with Crippen LogP contribution in [0.4, 0.5) is 0 Å². The maximum absolute atomic E-state index is 12.6. The van der Waals surface area contributed by atoms with E-state index in [1.165, 1.54) is 49.1 Å². The van der Waals surface area contributed by atoms with Crippen LogP contribution < -0.4 is 14.9 Å². The molecule has 65 heavy (non-hydrogen) atoms. The maximum Gasteiger partial charge on any atom is 0.339 e. The molecule has 0 radical (unpaired) electrons. The molecule has 0 aliphatic heterocycles. The summed E-state index contributed by atoms with van der Waals surface area (Å²) in [6.45, 7) is 5.18. The quantitative estimate of drug-likeness (QED) is 0.109. The Morgan fingerprint density at radius 3 is 1.57 bits per heavy atom. The van der Waals surface area contributed by atoms with Crippen LogP contribution in [0.5, 0.6) is 28.7 Å². The highest BCUT2D eigenvalue weighted by atomic mass is 79.9. The molecule has 0 atom stereocenters. The summed E-state index contributed by atoms with van der Waals surface area (Å²) in [6, 6.07) is 26.4. The van der Waals surface area contributed by atoms with Crippen molar-refractivity contribution >= 4 is 128 Å². The molecule has 0 unspecified atom stereocenters. The highest BCUT2D eigenvalue weighted by Gasteiger charge is 2.19. The monoisotopic (exact) mass is 1150 g/mol. The fourth-order valence-corrected chi connectivity index (χ4v) is 6.95. The Morgan fingerprint density at radius 1 is 0.600 bits per heavy atom. The number of rotatable bonds is 8. The number of halogens is 7. The van der Waals surface area contributed by atoms with Gasteiger partial charge in [-0.1, -0.05) is 94.2 Å². The lowest BCUT2D eigenvalue weighted by molar-refractivity contribution is 0.0693. The van der Waals surface area contributed by atoms with Gasteiger partial charge in [0.15, 0.2) is 5.58 Å². The van der Waals surface area contributed by atoms with Gasteiger partial charge in [-0.15, -0.1) is 0 Å². The lowest BCUT2D eigenvalue weighted by Gasteiger charge is -2.20. The molecule has 8 aromatic rings. The Bertz CT molecular complexity index is 2900. The average molecular weight is 1150 g/mol. The van der Waals surface area contributed by atoms with Crippen LogP contribution >= 0.6 is 94.2 Å². The second-order valence-corrected chi connectivity index (χ2v) is 17.1. The number of carboxylic acids is 1. The minimum absolute atomic E-state index is 0.0665. The minimum Gasteiger partial charge on any atom is -0.506 e. The standard InChI is InChI=1S/C16H16BrClN2O2.C12H7BrClNO3.C12H5BrClNO2.C5H4ClNO/c1-3-20(4-2)16(21)13-9-11(17)5-7-14(13)22-12-6-8-15(18)19-10-12;13-7-1-3-10(9(5-7)12(16)17)18-8-2-4-11(14)15-6-8;13-6-1-2-9-7(3-6)12(16)8-4-11(14)15-5-10(8)17-9;6-5-2-1-4(8)3-7-5/h5-10H,3-4H2,1-2H3;1-6H,(H,16,17);1-5H;1-3,8H. The number of carboxylic acid groups (broad SMARTS) is 1. The van der Waals surface area contributed by atoms with Crippen molar-refractivity contribution in [2.75, 3.05) is 13.1 Å². The molecule has 8 rings (SSSR count). The molecule has 5 aromatic heterocycles. The predicted octanol–water partition coefficient (Wildman–Crippen LogP) is 14.0. The van der Waals surface area contributed by atoms with E-state index in [9.17, 15) is 14.4 Å². The van der Waals surface area contributed by atoms with Gasteiger partial charge in [-0.3, -0.25) is 9.59 Å². The van der Waals surface area contributed by atoms with Crippen molar-refractivity contribution in [3.05, 3.63) is 177 Å². The Morgan fingerprint density at radius 2 is 1.08 bits per heavy atom. The molecule has 0 fully saturated rings. The molecule has 0 bridgehead atoms. The van der Waals surface area contributed by atoms with Crippen LogP contribution in [0.1, 0.15) is 34.6 Å². The highest BCUT2D eigenvalue weighted by Crippen LogP contribution is 2.31. The number of amides is 1. The second-order valence-electron chi connectivity index (χ2n) is 12.8. The van der Waals surface area contributed by atoms with Crippen LogP contribution in [0.3, 0.4) is 0 Å². The molecule has 20 heteroatoms. The fourth-order valence-electron chi connectivity index (χ4n) is 5.37. The third kappa shape index (κ3) is 14.8. The summed E-state index contributed by atoms with van der Waals surface area (Å²) in [6.07, 6.45) is 5.70. The molecule has 0 aliphatic carbocycles. The number of pyridine rings is 4. The van der Waals surface area contributed by atoms with Crippen molar-refractivity contribution < 1.29 is 33.7 Å². The Labute approximate surface area is 416 Å². The minimum atomic E-state index is -1.06. The van der Waals surface area contributed by atoms with Crippen LogP contribution in [0.25, 0.3) is 21.9 Å². The van der Waals surface area contributed by atoms with E-state index in [1.54, 1.807) is 65.6 Å². The topological polar surface area (TPSA) is 178 Å². The SMILES string of the molecule is CCN(CC)C(=O)c1cc(Br)ccc1Oc1ccc(Cl)nc1.O=C(O)c1cc(Br)ccc1Oc1ccc(Cl)nc1.O=c1c2cc(Br)ccc2oc2cnc(Cl)cc12.Oc1ccc(Cl)nc1. The van der Waals surface area contributed by atoms with Gasteiger partial charge in [0.05, 0.1) is 41.1 Å². The predicted molar refractivity (Wildman–Crippen MR) is 263 cm³/mol. The van der Waals surface area contributed by atoms with E-state index in [4.69, 9.17) is 70.5 Å². The Balaban J connectivity index is 0.000000170. The van der Waals surface area contributed by atoms with Crippen molar-refractivity contribution in [1.82, 2.24) is 24.8 Å². The molecule has 5 heterocycles. The number of carbonyl (C=O) groups excluding carboxylic acids is 1. The zero-order chi connectivity index (χ0) is 47.2. The van der Waals surface area contributed by atoms with Crippen molar-refractivity contribution in [2.24, 2.45) is 0 Å². The number of aromatic carboxylic acids is 1. The van der Waals surface area contributed by atoms with E-state index in [2.05, 4.69) is 67.7 Å². The second kappa shape index (κ2) is 24.3. The van der Waals surface area contributed by atoms with E-state index in [0.29, 0.717) is 77.8 Å². The van der Waals surface area contributed by atoms with Crippen LogP contribution in [-0.2, 0) is 0 Å². The van der Waals surface area contributed by atoms with Crippen LogP contribution in [-0.4, -0.2) is 60.0 Å². The van der Waals surface area contributed by atoms with Crippen LogP contribution in [0, 0.1) is 0 Å². The number of benzene rings is 3. The normalized spacial score (nSPS) is 10.4. The zero-order valence-corrected chi connectivity index (χ0v) is 41.5. The van der Waals surface area contributed by atoms with E-state index >= 15 is 0 Å². The summed E-state index contributed by atoms with van der Waals surface area (Å²) in [5.41, 5.74) is 1.45. The van der Waals surface area contributed by atoms with E-state index in [0.717, 1.165) is 8.95 Å². The first-order valence-corrected chi connectivity index (χ1v) is 22.6. The summed E-state index contributed by atoms with van der Waals surface area (Å²) in [5, 5.41) is 20.1. The fraction of sp³-hybridized carbons (Fsp3) is 0.0889. The molecule has 0 spiro atoms. The first-order valence-electron chi connectivity index (χ1n) is 18.7. The summed E-state index contributed by atoms with van der Waals surface area (Å²) < 4.78 is 19.2. The highest BCUT2D eigenvalue weighted by molar-refractivity contribution is 9.11. The number of carbonyl (C=O) groups is 2. The first kappa shape index (κ1) is 50.7.